The number of halogens is 1. The van der Waals surface area contributed by atoms with Gasteiger partial charge >= 0.3 is 0 Å². The number of nitrogens with zero attached hydrogens (tertiary/aromatic N) is 3. The molecule has 0 saturated carbocycles. The molecular weight excluding hydrogens is 300 g/mol. The van der Waals surface area contributed by atoms with E-state index >= 15 is 0 Å². The second-order valence-corrected chi connectivity index (χ2v) is 4.95. The number of anilines is 2. The highest BCUT2D eigenvalue weighted by molar-refractivity contribution is 6.32. The van der Waals surface area contributed by atoms with Crippen molar-refractivity contribution in [2.75, 3.05) is 17.2 Å². The zero-order chi connectivity index (χ0) is 15.9. The molecule has 0 saturated heterocycles. The molecule has 0 atom stereocenters. The first-order valence-corrected chi connectivity index (χ1v) is 7.04. The summed E-state index contributed by atoms with van der Waals surface area (Å²) in [6.07, 6.45) is 6.49. The van der Waals surface area contributed by atoms with Crippen LogP contribution in [-0.2, 0) is 6.54 Å². The Morgan fingerprint density at radius 3 is 2.68 bits per heavy atom. The van der Waals surface area contributed by atoms with Crippen molar-refractivity contribution in [3.05, 3.63) is 46.6 Å². The van der Waals surface area contributed by atoms with Gasteiger partial charge in [-0.05, 0) is 5.56 Å². The van der Waals surface area contributed by atoms with E-state index < -0.39 is 0 Å². The van der Waals surface area contributed by atoms with Crippen molar-refractivity contribution in [3.8, 4) is 12.3 Å². The molecule has 2 aromatic rings. The van der Waals surface area contributed by atoms with Crippen LogP contribution < -0.4 is 10.6 Å². The second kappa shape index (κ2) is 7.43. The van der Waals surface area contributed by atoms with Crippen LogP contribution in [0.25, 0.3) is 0 Å². The number of hydrogen-bond acceptors (Lipinski definition) is 5. The van der Waals surface area contributed by atoms with Crippen LogP contribution in [0.15, 0.2) is 30.3 Å². The Labute approximate surface area is 134 Å². The number of aldehydes is 1. The molecule has 1 aromatic heterocycles. The molecule has 0 bridgehead atoms. The van der Waals surface area contributed by atoms with E-state index in [0.717, 1.165) is 5.56 Å². The van der Waals surface area contributed by atoms with Gasteiger partial charge in [-0.15, -0.1) is 12.3 Å². The molecule has 2 rings (SSSR count). The third kappa shape index (κ3) is 3.74. The maximum absolute atomic E-state index is 11.3. The zero-order valence-electron chi connectivity index (χ0n) is 11.9. The van der Waals surface area contributed by atoms with Crippen molar-refractivity contribution in [1.82, 2.24) is 9.97 Å². The maximum Gasteiger partial charge on any atom is 0.223 e. The van der Waals surface area contributed by atoms with E-state index in [2.05, 4.69) is 15.9 Å². The summed E-state index contributed by atoms with van der Waals surface area (Å²) in [5.74, 6) is 3.00. The molecule has 0 aliphatic heterocycles. The van der Waals surface area contributed by atoms with Crippen LogP contribution in [0.5, 0.6) is 0 Å². The van der Waals surface area contributed by atoms with E-state index in [1.807, 2.05) is 35.2 Å². The van der Waals surface area contributed by atoms with Crippen molar-refractivity contribution in [2.24, 2.45) is 0 Å². The summed E-state index contributed by atoms with van der Waals surface area (Å²) in [5.41, 5.74) is 6.93. The van der Waals surface area contributed by atoms with Gasteiger partial charge in [-0.1, -0.05) is 41.9 Å². The van der Waals surface area contributed by atoms with Gasteiger partial charge < -0.3 is 10.6 Å². The summed E-state index contributed by atoms with van der Waals surface area (Å²) in [4.78, 5) is 21.2. The molecule has 0 amide bonds. The fourth-order valence-electron chi connectivity index (χ4n) is 2.05. The van der Waals surface area contributed by atoms with Gasteiger partial charge in [0, 0.05) is 19.5 Å². The molecule has 5 nitrogen and oxygen atoms in total. The normalized spacial score (nSPS) is 10.0. The number of carbonyl (C=O) groups is 1. The molecule has 0 unspecified atom stereocenters. The third-order valence-corrected chi connectivity index (χ3v) is 3.34. The number of rotatable bonds is 6. The topological polar surface area (TPSA) is 72.1 Å². The van der Waals surface area contributed by atoms with Crippen LogP contribution >= 0.6 is 11.6 Å². The van der Waals surface area contributed by atoms with Crippen molar-refractivity contribution in [2.45, 2.75) is 13.0 Å². The average molecular weight is 315 g/mol. The Morgan fingerprint density at radius 1 is 1.32 bits per heavy atom. The molecule has 2 N–H and O–H groups in total. The SMILES string of the molecule is C#CCCN(Cc1ccccc1)c1nc(N)nc(Cl)c1C=O. The van der Waals surface area contributed by atoms with Crippen LogP contribution in [0.4, 0.5) is 11.8 Å². The minimum Gasteiger partial charge on any atom is -0.368 e. The largest absolute Gasteiger partial charge is 0.368 e. The molecule has 1 heterocycles. The van der Waals surface area contributed by atoms with Crippen LogP contribution in [0.1, 0.15) is 22.3 Å². The first kappa shape index (κ1) is 15.8. The summed E-state index contributed by atoms with van der Waals surface area (Å²) in [7, 11) is 0. The number of nitrogens with two attached hydrogens (primary N) is 1. The summed E-state index contributed by atoms with van der Waals surface area (Å²) in [6, 6.07) is 9.78. The van der Waals surface area contributed by atoms with Gasteiger partial charge in [0.15, 0.2) is 6.29 Å². The molecule has 0 aliphatic carbocycles. The van der Waals surface area contributed by atoms with E-state index in [0.29, 0.717) is 31.6 Å². The quantitative estimate of drug-likeness (QED) is 0.504. The van der Waals surface area contributed by atoms with Gasteiger partial charge in [0.1, 0.15) is 11.0 Å². The van der Waals surface area contributed by atoms with Crippen LogP contribution in [0.2, 0.25) is 5.15 Å². The van der Waals surface area contributed by atoms with E-state index in [1.165, 1.54) is 0 Å². The molecule has 6 heteroatoms. The molecule has 1 aromatic carbocycles. The maximum atomic E-state index is 11.3. The Balaban J connectivity index is 2.41. The lowest BCUT2D eigenvalue weighted by Gasteiger charge is -2.24. The van der Waals surface area contributed by atoms with Gasteiger partial charge in [0.2, 0.25) is 5.95 Å². The lowest BCUT2D eigenvalue weighted by molar-refractivity contribution is 0.112. The van der Waals surface area contributed by atoms with Crippen molar-refractivity contribution >= 4 is 29.7 Å². The van der Waals surface area contributed by atoms with E-state index in [4.69, 9.17) is 23.8 Å². The molecular formula is C16H15ClN4O. The second-order valence-electron chi connectivity index (χ2n) is 4.59. The molecule has 22 heavy (non-hydrogen) atoms. The van der Waals surface area contributed by atoms with Gasteiger partial charge in [-0.2, -0.15) is 4.98 Å². The Morgan fingerprint density at radius 2 is 2.05 bits per heavy atom. The molecule has 0 spiro atoms. The van der Waals surface area contributed by atoms with Crippen molar-refractivity contribution in [1.29, 1.82) is 0 Å². The highest BCUT2D eigenvalue weighted by Crippen LogP contribution is 2.25. The van der Waals surface area contributed by atoms with E-state index in [1.54, 1.807) is 0 Å². The standard InChI is InChI=1S/C16H15ClN4O/c1-2-3-9-21(10-12-7-5-4-6-8-12)15-13(11-22)14(17)19-16(18)20-15/h1,4-8,11H,3,9-10H2,(H2,18,19,20). The first-order chi connectivity index (χ1) is 10.7. The number of terminal acetylenes is 1. The zero-order valence-corrected chi connectivity index (χ0v) is 12.6. The Kier molecular flexibility index (Phi) is 5.34. The monoisotopic (exact) mass is 314 g/mol. The van der Waals surface area contributed by atoms with Gasteiger partial charge in [0.05, 0.1) is 5.56 Å². The molecule has 0 radical (unpaired) electrons. The minimum atomic E-state index is 0.0179. The summed E-state index contributed by atoms with van der Waals surface area (Å²) < 4.78 is 0. The first-order valence-electron chi connectivity index (χ1n) is 6.66. The number of carbonyl (C=O) groups excluding carboxylic acids is 1. The molecule has 0 aliphatic rings. The van der Waals surface area contributed by atoms with Gasteiger partial charge in [0.25, 0.3) is 0 Å². The fraction of sp³-hybridized carbons (Fsp3) is 0.188. The lowest BCUT2D eigenvalue weighted by atomic mass is 10.2. The Hall–Kier alpha value is -2.58. The lowest BCUT2D eigenvalue weighted by Crippen LogP contribution is -2.26. The van der Waals surface area contributed by atoms with Crippen LogP contribution in [0.3, 0.4) is 0 Å². The average Bonchev–Trinajstić information content (AvgIpc) is 2.51. The van der Waals surface area contributed by atoms with Crippen LogP contribution in [0, 0.1) is 12.3 Å². The highest BCUT2D eigenvalue weighted by Gasteiger charge is 2.18. The number of aromatic nitrogens is 2. The van der Waals surface area contributed by atoms with Gasteiger partial charge in [-0.3, -0.25) is 4.79 Å². The fourth-order valence-corrected chi connectivity index (χ4v) is 2.27. The predicted molar refractivity (Wildman–Crippen MR) is 87.8 cm³/mol. The molecule has 0 fully saturated rings. The summed E-state index contributed by atoms with van der Waals surface area (Å²) in [5, 5.41) is 0.0382. The third-order valence-electron chi connectivity index (χ3n) is 3.06. The van der Waals surface area contributed by atoms with E-state index in [-0.39, 0.29) is 16.7 Å². The van der Waals surface area contributed by atoms with Crippen LogP contribution in [-0.4, -0.2) is 22.8 Å². The van der Waals surface area contributed by atoms with E-state index in [9.17, 15) is 4.79 Å². The number of benzene rings is 1. The highest BCUT2D eigenvalue weighted by atomic mass is 35.5. The van der Waals surface area contributed by atoms with Crippen molar-refractivity contribution in [3.63, 3.8) is 0 Å². The predicted octanol–water partition coefficient (Wildman–Crippen LogP) is 2.55. The summed E-state index contributed by atoms with van der Waals surface area (Å²) >= 11 is 5.99. The molecule has 112 valence electrons. The minimum absolute atomic E-state index is 0.0179. The number of hydrogen-bond donors (Lipinski definition) is 1. The van der Waals surface area contributed by atoms with Crippen molar-refractivity contribution < 1.29 is 4.79 Å². The smallest absolute Gasteiger partial charge is 0.223 e. The summed E-state index contributed by atoms with van der Waals surface area (Å²) in [6.45, 7) is 1.06. The van der Waals surface area contributed by atoms with Gasteiger partial charge in [-0.25, -0.2) is 4.98 Å². The Bertz CT molecular complexity index is 697. The number of nitrogen functional groups attached to an aromatic ring is 1.